The van der Waals surface area contributed by atoms with Crippen LogP contribution in [0.1, 0.15) is 107 Å². The lowest BCUT2D eigenvalue weighted by Crippen LogP contribution is -2.45. The molecule has 2 fully saturated rings. The minimum Gasteiger partial charge on any atom is -0.355 e. The van der Waals surface area contributed by atoms with E-state index in [-0.39, 0.29) is 17.2 Å². The quantitative estimate of drug-likeness (QED) is 0.518. The van der Waals surface area contributed by atoms with Crippen LogP contribution in [-0.2, 0) is 27.0 Å². The van der Waals surface area contributed by atoms with Crippen LogP contribution in [0.5, 0.6) is 0 Å². The highest BCUT2D eigenvalue weighted by Gasteiger charge is 2.38. The van der Waals surface area contributed by atoms with Crippen molar-refractivity contribution in [2.24, 2.45) is 0 Å². The fraction of sp³-hybridized carbons (Fsp3) is 0.643. The summed E-state index contributed by atoms with van der Waals surface area (Å²) in [5.41, 5.74) is 2.05. The molecule has 1 heterocycles. The van der Waals surface area contributed by atoms with Gasteiger partial charge in [0.25, 0.3) is 0 Å². The number of aromatic nitrogens is 2. The first-order valence-corrected chi connectivity index (χ1v) is 13.4. The third kappa shape index (κ3) is 6.30. The highest BCUT2D eigenvalue weighted by atomic mass is 16.5. The zero-order chi connectivity index (χ0) is 24.7. The molecule has 0 saturated heterocycles. The van der Waals surface area contributed by atoms with Crippen molar-refractivity contribution in [2.75, 3.05) is 6.54 Å². The van der Waals surface area contributed by atoms with E-state index in [1.807, 2.05) is 0 Å². The second-order valence-corrected chi connectivity index (χ2v) is 10.7. The summed E-state index contributed by atoms with van der Waals surface area (Å²) >= 11 is 0. The van der Waals surface area contributed by atoms with Gasteiger partial charge in [-0.15, -0.1) is 0 Å². The molecule has 0 unspecified atom stereocenters. The minimum absolute atomic E-state index is 0.00777. The van der Waals surface area contributed by atoms with Crippen LogP contribution in [0.4, 0.5) is 0 Å². The molecule has 2 aliphatic carbocycles. The van der Waals surface area contributed by atoms with E-state index in [1.54, 1.807) is 0 Å². The molecule has 2 amide bonds. The monoisotopic (exact) mass is 480 g/mol. The number of hydrogen-bond acceptors (Lipinski definition) is 5. The Bertz CT molecular complexity index is 1000. The Hall–Kier alpha value is -2.70. The summed E-state index contributed by atoms with van der Waals surface area (Å²) < 4.78 is 5.52. The molecule has 35 heavy (non-hydrogen) atoms. The van der Waals surface area contributed by atoms with Crippen molar-refractivity contribution in [3.8, 4) is 0 Å². The molecule has 7 nitrogen and oxygen atoms in total. The topological polar surface area (TPSA) is 97.1 Å². The van der Waals surface area contributed by atoms with E-state index in [2.05, 4.69) is 52.0 Å². The highest BCUT2D eigenvalue weighted by Crippen LogP contribution is 2.39. The summed E-state index contributed by atoms with van der Waals surface area (Å²) in [6, 6.07) is 8.74. The van der Waals surface area contributed by atoms with Gasteiger partial charge in [0, 0.05) is 31.7 Å². The summed E-state index contributed by atoms with van der Waals surface area (Å²) in [6.45, 7) is 4.33. The first kappa shape index (κ1) is 25.4. The number of nitrogens with zero attached hydrogens (tertiary/aromatic N) is 2. The summed E-state index contributed by atoms with van der Waals surface area (Å²) in [4.78, 5) is 29.3. The first-order chi connectivity index (χ1) is 16.9. The highest BCUT2D eigenvalue weighted by molar-refractivity contribution is 5.76. The number of hydrogen-bond donors (Lipinski definition) is 2. The SMILES string of the molecule is CC(=O)NC1(c2noc(CCC(=O)NCC3(c4cccc(C)c4)CCCCC3)n2)CCCCCC1. The molecule has 2 saturated carbocycles. The van der Waals surface area contributed by atoms with Gasteiger partial charge in [-0.3, -0.25) is 9.59 Å². The molecule has 1 aromatic carbocycles. The van der Waals surface area contributed by atoms with Crippen LogP contribution in [0.2, 0.25) is 0 Å². The van der Waals surface area contributed by atoms with E-state index in [0.717, 1.165) is 51.4 Å². The van der Waals surface area contributed by atoms with Crippen molar-refractivity contribution in [1.29, 1.82) is 0 Å². The molecule has 0 bridgehead atoms. The van der Waals surface area contributed by atoms with Crippen LogP contribution in [-0.4, -0.2) is 28.5 Å². The summed E-state index contributed by atoms with van der Waals surface area (Å²) in [7, 11) is 0. The van der Waals surface area contributed by atoms with Gasteiger partial charge in [0.2, 0.25) is 17.7 Å². The molecule has 2 aliphatic rings. The van der Waals surface area contributed by atoms with Crippen molar-refractivity contribution in [3.63, 3.8) is 0 Å². The average Bonchev–Trinajstić information content (AvgIpc) is 3.22. The Morgan fingerprint density at radius 2 is 1.69 bits per heavy atom. The van der Waals surface area contributed by atoms with Gasteiger partial charge in [0.1, 0.15) is 5.54 Å². The van der Waals surface area contributed by atoms with E-state index in [9.17, 15) is 9.59 Å². The summed E-state index contributed by atoms with van der Waals surface area (Å²) in [6.07, 6.45) is 12.5. The van der Waals surface area contributed by atoms with E-state index in [0.29, 0.717) is 31.1 Å². The van der Waals surface area contributed by atoms with Crippen LogP contribution < -0.4 is 10.6 Å². The number of carbonyl (C=O) groups excluding carboxylic acids is 2. The van der Waals surface area contributed by atoms with Gasteiger partial charge >= 0.3 is 0 Å². The minimum atomic E-state index is -0.562. The fourth-order valence-corrected chi connectivity index (χ4v) is 5.97. The average molecular weight is 481 g/mol. The third-order valence-corrected chi connectivity index (χ3v) is 7.90. The molecule has 1 aromatic heterocycles. The predicted octanol–water partition coefficient (Wildman–Crippen LogP) is 5.01. The van der Waals surface area contributed by atoms with Crippen LogP contribution in [0, 0.1) is 6.92 Å². The second-order valence-electron chi connectivity index (χ2n) is 10.7. The third-order valence-electron chi connectivity index (χ3n) is 7.90. The van der Waals surface area contributed by atoms with Gasteiger partial charge in [-0.2, -0.15) is 4.98 Å². The lowest BCUT2D eigenvalue weighted by atomic mass is 9.69. The van der Waals surface area contributed by atoms with Crippen LogP contribution >= 0.6 is 0 Å². The normalized spacial score (nSPS) is 19.5. The Morgan fingerprint density at radius 1 is 1.00 bits per heavy atom. The van der Waals surface area contributed by atoms with Crippen LogP contribution in [0.15, 0.2) is 28.8 Å². The molecular formula is C28H40N4O3. The molecule has 7 heteroatoms. The molecular weight excluding hydrogens is 440 g/mol. The van der Waals surface area contributed by atoms with Gasteiger partial charge in [-0.25, -0.2) is 0 Å². The van der Waals surface area contributed by atoms with Crippen molar-refractivity contribution in [3.05, 3.63) is 47.1 Å². The molecule has 0 aliphatic heterocycles. The van der Waals surface area contributed by atoms with Crippen LogP contribution in [0.3, 0.4) is 0 Å². The lowest BCUT2D eigenvalue weighted by Gasteiger charge is -2.38. The largest absolute Gasteiger partial charge is 0.355 e. The number of amides is 2. The van der Waals surface area contributed by atoms with Gasteiger partial charge in [-0.05, 0) is 38.2 Å². The molecule has 190 valence electrons. The Labute approximate surface area is 208 Å². The maximum absolute atomic E-state index is 12.8. The summed E-state index contributed by atoms with van der Waals surface area (Å²) in [5.74, 6) is 0.928. The van der Waals surface area contributed by atoms with E-state index in [4.69, 9.17) is 4.52 Å². The number of aryl methyl sites for hydroxylation is 2. The van der Waals surface area contributed by atoms with Crippen molar-refractivity contribution in [1.82, 2.24) is 20.8 Å². The van der Waals surface area contributed by atoms with Gasteiger partial charge in [-0.1, -0.05) is 79.9 Å². The molecule has 4 rings (SSSR count). The lowest BCUT2D eigenvalue weighted by molar-refractivity contribution is -0.122. The number of nitrogens with one attached hydrogen (secondary N) is 2. The fourth-order valence-electron chi connectivity index (χ4n) is 5.97. The van der Waals surface area contributed by atoms with Crippen LogP contribution in [0.25, 0.3) is 0 Å². The van der Waals surface area contributed by atoms with E-state index >= 15 is 0 Å². The Balaban J connectivity index is 1.37. The van der Waals surface area contributed by atoms with E-state index < -0.39 is 5.54 Å². The zero-order valence-corrected chi connectivity index (χ0v) is 21.3. The molecule has 0 atom stereocenters. The molecule has 0 radical (unpaired) electrons. The van der Waals surface area contributed by atoms with Crippen molar-refractivity contribution >= 4 is 11.8 Å². The number of carbonyl (C=O) groups is 2. The molecule has 0 spiro atoms. The summed E-state index contributed by atoms with van der Waals surface area (Å²) in [5, 5.41) is 10.5. The van der Waals surface area contributed by atoms with E-state index in [1.165, 1.54) is 37.3 Å². The first-order valence-electron chi connectivity index (χ1n) is 13.4. The zero-order valence-electron chi connectivity index (χ0n) is 21.3. The maximum Gasteiger partial charge on any atom is 0.227 e. The molecule has 2 aromatic rings. The number of rotatable bonds is 8. The van der Waals surface area contributed by atoms with Crippen molar-refractivity contribution < 1.29 is 14.1 Å². The Kier molecular flexibility index (Phi) is 8.24. The standard InChI is InChI=1S/C28H40N4O3/c1-21-11-10-12-23(19-21)27(15-6-5-7-16-27)20-29-24(34)13-14-25-30-26(32-35-25)28(31-22(2)33)17-8-3-4-9-18-28/h10-12,19H,3-9,13-18,20H2,1-2H3,(H,29,34)(H,31,33). The van der Waals surface area contributed by atoms with Gasteiger partial charge in [0.15, 0.2) is 5.82 Å². The smallest absolute Gasteiger partial charge is 0.227 e. The van der Waals surface area contributed by atoms with Crippen molar-refractivity contribution in [2.45, 2.75) is 108 Å². The second kappa shape index (κ2) is 11.4. The van der Waals surface area contributed by atoms with Gasteiger partial charge < -0.3 is 15.2 Å². The van der Waals surface area contributed by atoms with Gasteiger partial charge in [0.05, 0.1) is 0 Å². The predicted molar refractivity (Wildman–Crippen MR) is 135 cm³/mol. The maximum atomic E-state index is 12.8. The number of benzene rings is 1. The Morgan fingerprint density at radius 3 is 2.37 bits per heavy atom. The molecule has 2 N–H and O–H groups in total.